The zero-order valence-electron chi connectivity index (χ0n) is 9.97. The second-order valence-electron chi connectivity index (χ2n) is 4.14. The van der Waals surface area contributed by atoms with Gasteiger partial charge in [0.05, 0.1) is 4.88 Å². The molecular formula is C15H12OS2. The fourth-order valence-electron chi connectivity index (χ4n) is 1.91. The standard InChI is InChI=1S/C15H12OS2/c1-2-10-3-5-11(6-4-10)15(16)14-9-13-12(18-14)7-8-17-13/h3-9H,2H2,1H3. The summed E-state index contributed by atoms with van der Waals surface area (Å²) in [5, 5.41) is 2.06. The molecule has 0 N–H and O–H groups in total. The molecule has 0 unspecified atom stereocenters. The summed E-state index contributed by atoms with van der Waals surface area (Å²) in [5.74, 6) is 0.131. The van der Waals surface area contributed by atoms with Crippen molar-refractivity contribution in [3.63, 3.8) is 0 Å². The van der Waals surface area contributed by atoms with Crippen molar-refractivity contribution in [1.29, 1.82) is 0 Å². The van der Waals surface area contributed by atoms with E-state index in [0.717, 1.165) is 16.9 Å². The van der Waals surface area contributed by atoms with Gasteiger partial charge in [-0.3, -0.25) is 4.79 Å². The molecule has 0 saturated carbocycles. The van der Waals surface area contributed by atoms with Crippen molar-refractivity contribution in [2.75, 3.05) is 0 Å². The third-order valence-electron chi connectivity index (χ3n) is 2.99. The molecule has 0 saturated heterocycles. The van der Waals surface area contributed by atoms with Crippen LogP contribution in [-0.4, -0.2) is 5.78 Å². The maximum absolute atomic E-state index is 12.3. The summed E-state index contributed by atoms with van der Waals surface area (Å²) in [4.78, 5) is 13.2. The first-order valence-corrected chi connectivity index (χ1v) is 7.58. The molecule has 0 amide bonds. The van der Waals surface area contributed by atoms with Crippen molar-refractivity contribution in [2.24, 2.45) is 0 Å². The minimum atomic E-state index is 0.131. The molecule has 1 aromatic carbocycles. The Labute approximate surface area is 114 Å². The fourth-order valence-corrected chi connectivity index (χ4v) is 3.98. The predicted octanol–water partition coefficient (Wildman–Crippen LogP) is 4.76. The largest absolute Gasteiger partial charge is 0.288 e. The van der Waals surface area contributed by atoms with Gasteiger partial charge in [-0.15, -0.1) is 22.7 Å². The van der Waals surface area contributed by atoms with Crippen molar-refractivity contribution in [1.82, 2.24) is 0 Å². The summed E-state index contributed by atoms with van der Waals surface area (Å²) >= 11 is 3.26. The van der Waals surface area contributed by atoms with E-state index in [4.69, 9.17) is 0 Å². The first-order valence-electron chi connectivity index (χ1n) is 5.88. The molecule has 0 aliphatic rings. The molecule has 2 heterocycles. The van der Waals surface area contributed by atoms with E-state index in [1.165, 1.54) is 15.0 Å². The molecule has 0 radical (unpaired) electrons. The van der Waals surface area contributed by atoms with Gasteiger partial charge in [-0.2, -0.15) is 0 Å². The van der Waals surface area contributed by atoms with Crippen LogP contribution in [-0.2, 0) is 6.42 Å². The third-order valence-corrected chi connectivity index (χ3v) is 5.08. The van der Waals surface area contributed by atoms with Gasteiger partial charge in [0.15, 0.2) is 0 Å². The lowest BCUT2D eigenvalue weighted by atomic mass is 10.1. The molecule has 18 heavy (non-hydrogen) atoms. The fraction of sp³-hybridized carbons (Fsp3) is 0.133. The van der Waals surface area contributed by atoms with Crippen LogP contribution in [0.25, 0.3) is 9.40 Å². The Morgan fingerprint density at radius 3 is 2.56 bits per heavy atom. The summed E-state index contributed by atoms with van der Waals surface area (Å²) in [6, 6.07) is 12.0. The molecule has 2 aromatic heterocycles. The minimum Gasteiger partial charge on any atom is -0.288 e. The van der Waals surface area contributed by atoms with Gasteiger partial charge in [0.25, 0.3) is 0 Å². The summed E-state index contributed by atoms with van der Waals surface area (Å²) in [6.07, 6.45) is 1.00. The number of hydrogen-bond acceptors (Lipinski definition) is 3. The number of carbonyl (C=O) groups excluding carboxylic acids is 1. The third kappa shape index (κ3) is 2.00. The van der Waals surface area contributed by atoms with Crippen molar-refractivity contribution < 1.29 is 4.79 Å². The zero-order valence-corrected chi connectivity index (χ0v) is 11.6. The average molecular weight is 272 g/mol. The van der Waals surface area contributed by atoms with Crippen LogP contribution in [0.3, 0.4) is 0 Å². The molecular weight excluding hydrogens is 260 g/mol. The molecule has 0 atom stereocenters. The lowest BCUT2D eigenvalue weighted by Gasteiger charge is -2.00. The van der Waals surface area contributed by atoms with Crippen LogP contribution in [0.1, 0.15) is 27.7 Å². The number of benzene rings is 1. The summed E-state index contributed by atoms with van der Waals surface area (Å²) < 4.78 is 2.40. The van der Waals surface area contributed by atoms with Crippen LogP contribution in [0.4, 0.5) is 0 Å². The molecule has 90 valence electrons. The van der Waals surface area contributed by atoms with Crippen LogP contribution < -0.4 is 0 Å². The number of ketones is 1. The highest BCUT2D eigenvalue weighted by molar-refractivity contribution is 7.28. The minimum absolute atomic E-state index is 0.131. The van der Waals surface area contributed by atoms with E-state index >= 15 is 0 Å². The number of carbonyl (C=O) groups is 1. The number of fused-ring (bicyclic) bond motifs is 1. The Hall–Kier alpha value is -1.45. The average Bonchev–Trinajstić information content (AvgIpc) is 2.99. The predicted molar refractivity (Wildman–Crippen MR) is 79.0 cm³/mol. The zero-order chi connectivity index (χ0) is 12.5. The van der Waals surface area contributed by atoms with Crippen LogP contribution >= 0.6 is 22.7 Å². The normalized spacial score (nSPS) is 10.9. The molecule has 0 bridgehead atoms. The van der Waals surface area contributed by atoms with Crippen molar-refractivity contribution in [3.05, 3.63) is 57.8 Å². The first kappa shape index (κ1) is 11.6. The molecule has 0 spiro atoms. The summed E-state index contributed by atoms with van der Waals surface area (Å²) in [5.41, 5.74) is 2.04. The van der Waals surface area contributed by atoms with E-state index in [1.54, 1.807) is 22.7 Å². The van der Waals surface area contributed by atoms with Gasteiger partial charge in [0.2, 0.25) is 5.78 Å². The van der Waals surface area contributed by atoms with Crippen molar-refractivity contribution in [3.8, 4) is 0 Å². The quantitative estimate of drug-likeness (QED) is 0.628. The van der Waals surface area contributed by atoms with Crippen LogP contribution in [0, 0.1) is 0 Å². The number of aryl methyl sites for hydroxylation is 1. The van der Waals surface area contributed by atoms with Gasteiger partial charge in [0.1, 0.15) is 0 Å². The van der Waals surface area contributed by atoms with Gasteiger partial charge in [-0.1, -0.05) is 31.2 Å². The van der Waals surface area contributed by atoms with E-state index in [2.05, 4.69) is 18.4 Å². The van der Waals surface area contributed by atoms with Gasteiger partial charge in [-0.05, 0) is 29.5 Å². The number of hydrogen-bond donors (Lipinski definition) is 0. The van der Waals surface area contributed by atoms with Crippen LogP contribution in [0.15, 0.2) is 41.8 Å². The molecule has 0 aliphatic carbocycles. The molecule has 1 nitrogen and oxygen atoms in total. The highest BCUT2D eigenvalue weighted by atomic mass is 32.1. The molecule has 3 aromatic rings. The van der Waals surface area contributed by atoms with Crippen LogP contribution in [0.2, 0.25) is 0 Å². The van der Waals surface area contributed by atoms with Gasteiger partial charge < -0.3 is 0 Å². The highest BCUT2D eigenvalue weighted by Crippen LogP contribution is 2.31. The van der Waals surface area contributed by atoms with E-state index in [-0.39, 0.29) is 5.78 Å². The monoisotopic (exact) mass is 272 g/mol. The Morgan fingerprint density at radius 2 is 1.89 bits per heavy atom. The van der Waals surface area contributed by atoms with Crippen molar-refractivity contribution >= 4 is 37.9 Å². The molecule has 3 heteroatoms. The Morgan fingerprint density at radius 1 is 1.11 bits per heavy atom. The maximum Gasteiger partial charge on any atom is 0.203 e. The summed E-state index contributed by atoms with van der Waals surface area (Å²) in [7, 11) is 0. The highest BCUT2D eigenvalue weighted by Gasteiger charge is 2.13. The molecule has 0 fully saturated rings. The van der Waals surface area contributed by atoms with E-state index in [0.29, 0.717) is 0 Å². The van der Waals surface area contributed by atoms with E-state index in [1.807, 2.05) is 30.3 Å². The second kappa shape index (κ2) is 4.67. The maximum atomic E-state index is 12.3. The van der Waals surface area contributed by atoms with E-state index < -0.39 is 0 Å². The van der Waals surface area contributed by atoms with Gasteiger partial charge in [0, 0.05) is 15.0 Å². The first-order chi connectivity index (χ1) is 8.78. The van der Waals surface area contributed by atoms with Gasteiger partial charge >= 0.3 is 0 Å². The Kier molecular flexibility index (Phi) is 3.02. The van der Waals surface area contributed by atoms with Gasteiger partial charge in [-0.25, -0.2) is 0 Å². The summed E-state index contributed by atoms with van der Waals surface area (Å²) in [6.45, 7) is 2.12. The Balaban J connectivity index is 1.95. The Bertz CT molecular complexity index is 660. The van der Waals surface area contributed by atoms with E-state index in [9.17, 15) is 4.79 Å². The lowest BCUT2D eigenvalue weighted by molar-refractivity contribution is 0.104. The lowest BCUT2D eigenvalue weighted by Crippen LogP contribution is -1.98. The van der Waals surface area contributed by atoms with Crippen molar-refractivity contribution in [2.45, 2.75) is 13.3 Å². The number of rotatable bonds is 3. The smallest absolute Gasteiger partial charge is 0.203 e. The molecule has 3 rings (SSSR count). The second-order valence-corrected chi connectivity index (χ2v) is 6.17. The van der Waals surface area contributed by atoms with Crippen LogP contribution in [0.5, 0.6) is 0 Å². The number of thiophene rings is 2. The topological polar surface area (TPSA) is 17.1 Å². The SMILES string of the molecule is CCc1ccc(C(=O)c2cc3sccc3s2)cc1. The molecule has 0 aliphatic heterocycles.